The molecule has 0 aromatic rings. The van der Waals surface area contributed by atoms with Crippen LogP contribution in [0.4, 0.5) is 0 Å². The molecule has 1 saturated heterocycles. The summed E-state index contributed by atoms with van der Waals surface area (Å²) in [5.74, 6) is -1.09. The molecule has 2 aliphatic heterocycles. The summed E-state index contributed by atoms with van der Waals surface area (Å²) >= 11 is 0. The van der Waals surface area contributed by atoms with E-state index in [1.165, 1.54) is 0 Å². The van der Waals surface area contributed by atoms with Crippen molar-refractivity contribution in [3.05, 3.63) is 11.8 Å². The summed E-state index contributed by atoms with van der Waals surface area (Å²) in [6, 6.07) is 0. The molecule has 0 aliphatic carbocycles. The summed E-state index contributed by atoms with van der Waals surface area (Å²) in [5, 5.41) is 1.70. The normalized spacial score (nSPS) is 21.5. The molecule has 16 heavy (non-hydrogen) atoms. The average Bonchev–Trinajstić information content (AvgIpc) is 2.74. The molecular weight excluding hydrogens is 216 g/mol. The van der Waals surface area contributed by atoms with Crippen LogP contribution in [0.1, 0.15) is 0 Å². The van der Waals surface area contributed by atoms with Crippen LogP contribution in [0.3, 0.4) is 0 Å². The van der Waals surface area contributed by atoms with Gasteiger partial charge >= 0.3 is 5.97 Å². The van der Waals surface area contributed by atoms with Gasteiger partial charge in [-0.2, -0.15) is 0 Å². The number of morpholine rings is 1. The molecular formula is C9H12N2O5. The highest BCUT2D eigenvalue weighted by Crippen LogP contribution is 2.07. The summed E-state index contributed by atoms with van der Waals surface area (Å²) in [6.45, 7) is 2.31. The minimum Gasteiger partial charge on any atom is -0.492 e. The summed E-state index contributed by atoms with van der Waals surface area (Å²) < 4.78 is 9.82. The van der Waals surface area contributed by atoms with Gasteiger partial charge in [0.15, 0.2) is 6.61 Å². The first-order valence-electron chi connectivity index (χ1n) is 4.92. The van der Waals surface area contributed by atoms with Crippen LogP contribution >= 0.6 is 0 Å². The van der Waals surface area contributed by atoms with Gasteiger partial charge in [0.1, 0.15) is 11.8 Å². The maximum Gasteiger partial charge on any atom is 0.364 e. The Labute approximate surface area is 91.9 Å². The number of carbonyl (C=O) groups is 2. The van der Waals surface area contributed by atoms with Gasteiger partial charge in [0, 0.05) is 13.1 Å². The van der Waals surface area contributed by atoms with Crippen molar-refractivity contribution in [2.24, 2.45) is 0 Å². The number of ether oxygens (including phenoxy) is 2. The number of nitrogens with zero attached hydrogens (tertiary/aromatic N) is 1. The van der Waals surface area contributed by atoms with Crippen LogP contribution in [0.2, 0.25) is 0 Å². The second-order valence-electron chi connectivity index (χ2n) is 3.35. The van der Waals surface area contributed by atoms with Crippen LogP contribution in [0.15, 0.2) is 11.8 Å². The molecule has 2 aliphatic rings. The Balaban J connectivity index is 1.77. The van der Waals surface area contributed by atoms with Gasteiger partial charge < -0.3 is 14.3 Å². The Morgan fingerprint density at radius 3 is 2.81 bits per heavy atom. The van der Waals surface area contributed by atoms with Gasteiger partial charge in [0.2, 0.25) is 5.78 Å². The number of carbonyl (C=O) groups excluding carboxylic acids is 2. The fourth-order valence-corrected chi connectivity index (χ4v) is 1.32. The van der Waals surface area contributed by atoms with E-state index < -0.39 is 5.97 Å². The van der Waals surface area contributed by atoms with Crippen molar-refractivity contribution in [3.63, 3.8) is 0 Å². The molecule has 7 nitrogen and oxygen atoms in total. The summed E-state index contributed by atoms with van der Waals surface area (Å²) in [6.07, 6.45) is 1.12. The van der Waals surface area contributed by atoms with Gasteiger partial charge in [0.05, 0.1) is 13.2 Å². The molecule has 0 aromatic heterocycles. The Kier molecular flexibility index (Phi) is 3.50. The van der Waals surface area contributed by atoms with E-state index in [-0.39, 0.29) is 18.0 Å². The largest absolute Gasteiger partial charge is 0.492 e. The molecule has 0 aromatic carbocycles. The number of Topliss-reactive ketones (excluding diaryl/α,β-unsaturated/α-hetero) is 1. The lowest BCUT2D eigenvalue weighted by Crippen LogP contribution is -2.46. The Bertz CT molecular complexity index is 322. The lowest BCUT2D eigenvalue weighted by Gasteiger charge is -2.25. The second kappa shape index (κ2) is 5.06. The predicted octanol–water partition coefficient (Wildman–Crippen LogP) is -1.24. The molecule has 0 bridgehead atoms. The van der Waals surface area contributed by atoms with Crippen LogP contribution in [0, 0.1) is 0 Å². The molecule has 0 amide bonds. The first kappa shape index (κ1) is 11.1. The van der Waals surface area contributed by atoms with Gasteiger partial charge in [-0.25, -0.2) is 9.80 Å². The fourth-order valence-electron chi connectivity index (χ4n) is 1.32. The first-order chi connectivity index (χ1) is 7.77. The maximum atomic E-state index is 11.4. The predicted molar refractivity (Wildman–Crippen MR) is 50.7 cm³/mol. The minimum absolute atomic E-state index is 0.0687. The van der Waals surface area contributed by atoms with E-state index in [0.717, 1.165) is 6.26 Å². The molecule has 7 heteroatoms. The zero-order chi connectivity index (χ0) is 11.4. The van der Waals surface area contributed by atoms with E-state index in [4.69, 9.17) is 14.3 Å². The third-order valence-electron chi connectivity index (χ3n) is 2.21. The van der Waals surface area contributed by atoms with Gasteiger partial charge in [-0.05, 0) is 0 Å². The highest BCUT2D eigenvalue weighted by atomic mass is 16.7. The molecule has 0 saturated carbocycles. The number of hydrogen-bond donors (Lipinski definition) is 1. The second-order valence-corrected chi connectivity index (χ2v) is 3.35. The van der Waals surface area contributed by atoms with E-state index in [2.05, 4.69) is 5.59 Å². The Hall–Kier alpha value is -1.44. The maximum absolute atomic E-state index is 11.4. The van der Waals surface area contributed by atoms with Crippen LogP contribution in [0.25, 0.3) is 0 Å². The number of hydrazine groups is 1. The van der Waals surface area contributed by atoms with E-state index >= 15 is 0 Å². The average molecular weight is 228 g/mol. The van der Waals surface area contributed by atoms with Crippen molar-refractivity contribution in [1.82, 2.24) is 10.6 Å². The monoisotopic (exact) mass is 228 g/mol. The zero-order valence-electron chi connectivity index (χ0n) is 8.60. The van der Waals surface area contributed by atoms with Crippen LogP contribution in [-0.4, -0.2) is 49.7 Å². The molecule has 0 atom stereocenters. The lowest BCUT2D eigenvalue weighted by atomic mass is 10.2. The smallest absolute Gasteiger partial charge is 0.364 e. The number of ketones is 1. The number of rotatable bonds is 3. The van der Waals surface area contributed by atoms with Gasteiger partial charge in [-0.3, -0.25) is 4.79 Å². The zero-order valence-corrected chi connectivity index (χ0v) is 8.60. The van der Waals surface area contributed by atoms with E-state index in [9.17, 15) is 9.59 Å². The van der Waals surface area contributed by atoms with E-state index in [1.807, 2.05) is 0 Å². The standard InChI is InChI=1S/C9H12N2O5/c12-8-6-15-5-7(8)9(13)16-10-11-1-3-14-4-2-11/h5,10H,1-4,6H2. The minimum atomic E-state index is -0.728. The number of hydrogen-bond acceptors (Lipinski definition) is 7. The van der Waals surface area contributed by atoms with Crippen molar-refractivity contribution < 1.29 is 23.9 Å². The number of nitrogens with one attached hydrogen (secondary N) is 1. The Morgan fingerprint density at radius 2 is 2.19 bits per heavy atom. The lowest BCUT2D eigenvalue weighted by molar-refractivity contribution is -0.166. The molecule has 0 radical (unpaired) electrons. The van der Waals surface area contributed by atoms with Crippen molar-refractivity contribution in [3.8, 4) is 0 Å². The molecule has 0 spiro atoms. The summed E-state index contributed by atoms with van der Waals surface area (Å²) in [4.78, 5) is 27.2. The quantitative estimate of drug-likeness (QED) is 0.478. The highest BCUT2D eigenvalue weighted by Gasteiger charge is 2.26. The third kappa shape index (κ3) is 2.57. The van der Waals surface area contributed by atoms with Crippen molar-refractivity contribution in [1.29, 1.82) is 0 Å². The van der Waals surface area contributed by atoms with Crippen molar-refractivity contribution >= 4 is 11.8 Å². The SMILES string of the molecule is O=C1COC=C1C(=O)ONN1CCOCC1. The van der Waals surface area contributed by atoms with E-state index in [1.54, 1.807) is 5.01 Å². The van der Waals surface area contributed by atoms with Crippen LogP contribution in [-0.2, 0) is 23.9 Å². The van der Waals surface area contributed by atoms with Crippen LogP contribution in [0.5, 0.6) is 0 Å². The molecule has 1 N–H and O–H groups in total. The van der Waals surface area contributed by atoms with E-state index in [0.29, 0.717) is 26.3 Å². The highest BCUT2D eigenvalue weighted by molar-refractivity contribution is 6.18. The van der Waals surface area contributed by atoms with Gasteiger partial charge in [-0.1, -0.05) is 5.59 Å². The van der Waals surface area contributed by atoms with Gasteiger partial charge in [-0.15, -0.1) is 0 Å². The Morgan fingerprint density at radius 1 is 1.44 bits per heavy atom. The fraction of sp³-hybridized carbons (Fsp3) is 0.556. The molecule has 2 rings (SSSR count). The van der Waals surface area contributed by atoms with Crippen LogP contribution < -0.4 is 5.59 Å². The molecule has 2 heterocycles. The first-order valence-corrected chi connectivity index (χ1v) is 4.92. The van der Waals surface area contributed by atoms with Gasteiger partial charge in [0.25, 0.3) is 0 Å². The topological polar surface area (TPSA) is 77.1 Å². The third-order valence-corrected chi connectivity index (χ3v) is 2.21. The molecule has 1 fully saturated rings. The van der Waals surface area contributed by atoms with Crippen molar-refractivity contribution in [2.45, 2.75) is 0 Å². The summed E-state index contributed by atoms with van der Waals surface area (Å²) in [7, 11) is 0. The summed E-state index contributed by atoms with van der Waals surface area (Å²) in [5.41, 5.74) is 2.41. The molecule has 0 unspecified atom stereocenters. The van der Waals surface area contributed by atoms with Crippen molar-refractivity contribution in [2.75, 3.05) is 32.9 Å². The molecule has 88 valence electrons.